The summed E-state index contributed by atoms with van der Waals surface area (Å²) in [5.41, 5.74) is 0.807. The van der Waals surface area contributed by atoms with Gasteiger partial charge in [-0.3, -0.25) is 0 Å². The van der Waals surface area contributed by atoms with Crippen molar-refractivity contribution in [3.8, 4) is 0 Å². The fourth-order valence-electron chi connectivity index (χ4n) is 2.37. The maximum Gasteiger partial charge on any atom is 0.192 e. The molecule has 0 aromatic rings. The van der Waals surface area contributed by atoms with Crippen molar-refractivity contribution in [2.45, 2.75) is 64.1 Å². The standard InChI is InChI=1S/C16H31NO4Si/c1-11(17-20-6)12-9-10-13(18)15(14(12)19-5)21-22(7,8)16(2,3)4/h9-10,12-15,18H,1-8H3/b17-11-/t12-,13+,14-,15-/m1/s1. The average Bonchev–Trinajstić information content (AvgIpc) is 2.39. The lowest BCUT2D eigenvalue weighted by Crippen LogP contribution is -2.55. The predicted molar refractivity (Wildman–Crippen MR) is 91.6 cm³/mol. The summed E-state index contributed by atoms with van der Waals surface area (Å²) in [4.78, 5) is 4.87. The number of aliphatic hydroxyl groups excluding tert-OH is 1. The summed E-state index contributed by atoms with van der Waals surface area (Å²) in [6.45, 7) is 12.8. The largest absolute Gasteiger partial charge is 0.408 e. The van der Waals surface area contributed by atoms with Crippen molar-refractivity contribution in [1.82, 2.24) is 0 Å². The molecule has 0 saturated carbocycles. The Hall–Kier alpha value is -0.693. The number of methoxy groups -OCH3 is 1. The van der Waals surface area contributed by atoms with Gasteiger partial charge in [0.15, 0.2) is 8.32 Å². The van der Waals surface area contributed by atoms with Crippen molar-refractivity contribution < 1.29 is 19.1 Å². The van der Waals surface area contributed by atoms with Crippen LogP contribution in [0.15, 0.2) is 17.3 Å². The maximum absolute atomic E-state index is 10.4. The first kappa shape index (κ1) is 19.4. The first-order chi connectivity index (χ1) is 10.0. The lowest BCUT2D eigenvalue weighted by molar-refractivity contribution is -0.0671. The first-order valence-corrected chi connectivity index (χ1v) is 10.6. The lowest BCUT2D eigenvalue weighted by atomic mass is 9.86. The zero-order chi connectivity index (χ0) is 17.1. The third-order valence-corrected chi connectivity index (χ3v) is 9.23. The van der Waals surface area contributed by atoms with E-state index in [9.17, 15) is 5.11 Å². The molecule has 1 N–H and O–H groups in total. The van der Waals surface area contributed by atoms with Crippen LogP contribution >= 0.6 is 0 Å². The highest BCUT2D eigenvalue weighted by Gasteiger charge is 2.45. The van der Waals surface area contributed by atoms with Gasteiger partial charge in [-0.15, -0.1) is 0 Å². The topological polar surface area (TPSA) is 60.3 Å². The molecule has 0 aromatic carbocycles. The fourth-order valence-corrected chi connectivity index (χ4v) is 3.68. The highest BCUT2D eigenvalue weighted by atomic mass is 28.4. The summed E-state index contributed by atoms with van der Waals surface area (Å²) in [6, 6.07) is 0. The van der Waals surface area contributed by atoms with E-state index in [0.717, 1.165) is 5.71 Å². The second kappa shape index (κ2) is 7.25. The molecule has 0 aromatic heterocycles. The first-order valence-electron chi connectivity index (χ1n) is 7.70. The molecule has 0 spiro atoms. The van der Waals surface area contributed by atoms with Gasteiger partial charge in [0, 0.05) is 13.0 Å². The van der Waals surface area contributed by atoms with Gasteiger partial charge >= 0.3 is 0 Å². The molecule has 0 bridgehead atoms. The van der Waals surface area contributed by atoms with Crippen LogP contribution in [0.2, 0.25) is 18.1 Å². The molecule has 0 saturated heterocycles. The molecule has 128 valence electrons. The molecule has 0 heterocycles. The predicted octanol–water partition coefficient (Wildman–Crippen LogP) is 2.96. The van der Waals surface area contributed by atoms with Crippen LogP contribution in [0.5, 0.6) is 0 Å². The minimum atomic E-state index is -2.02. The Morgan fingerprint density at radius 3 is 2.18 bits per heavy atom. The minimum absolute atomic E-state index is 0.0666. The van der Waals surface area contributed by atoms with Gasteiger partial charge in [-0.1, -0.05) is 38.1 Å². The van der Waals surface area contributed by atoms with Crippen LogP contribution in [0.25, 0.3) is 0 Å². The van der Waals surface area contributed by atoms with Gasteiger partial charge in [0.1, 0.15) is 13.2 Å². The van der Waals surface area contributed by atoms with Crippen molar-refractivity contribution in [3.05, 3.63) is 12.2 Å². The number of hydrogen-bond donors (Lipinski definition) is 1. The van der Waals surface area contributed by atoms with E-state index >= 15 is 0 Å². The van der Waals surface area contributed by atoms with Gasteiger partial charge < -0.3 is 19.1 Å². The Labute approximate surface area is 135 Å². The summed E-state index contributed by atoms with van der Waals surface area (Å²) < 4.78 is 12.1. The van der Waals surface area contributed by atoms with Gasteiger partial charge in [-0.2, -0.15) is 0 Å². The zero-order valence-corrected chi connectivity index (χ0v) is 16.1. The third kappa shape index (κ3) is 4.19. The van der Waals surface area contributed by atoms with Gasteiger partial charge in [0.25, 0.3) is 0 Å². The second-order valence-electron chi connectivity index (χ2n) is 7.36. The van der Waals surface area contributed by atoms with Crippen LogP contribution in [-0.4, -0.2) is 51.7 Å². The third-order valence-electron chi connectivity index (χ3n) is 4.76. The van der Waals surface area contributed by atoms with Gasteiger partial charge in [0.2, 0.25) is 0 Å². The zero-order valence-electron chi connectivity index (χ0n) is 15.1. The average molecular weight is 330 g/mol. The molecule has 6 heteroatoms. The van der Waals surface area contributed by atoms with Crippen LogP contribution in [0, 0.1) is 5.92 Å². The van der Waals surface area contributed by atoms with E-state index in [4.69, 9.17) is 14.0 Å². The van der Waals surface area contributed by atoms with Crippen molar-refractivity contribution in [2.24, 2.45) is 11.1 Å². The molecular weight excluding hydrogens is 298 g/mol. The number of aliphatic hydroxyl groups is 1. The van der Waals surface area contributed by atoms with Gasteiger partial charge in [-0.05, 0) is 25.1 Å². The van der Waals surface area contributed by atoms with Crippen LogP contribution in [-0.2, 0) is 14.0 Å². The van der Waals surface area contributed by atoms with Crippen LogP contribution in [0.3, 0.4) is 0 Å². The summed E-state index contributed by atoms with van der Waals surface area (Å²) >= 11 is 0. The van der Waals surface area contributed by atoms with Crippen LogP contribution < -0.4 is 0 Å². The van der Waals surface area contributed by atoms with E-state index < -0.39 is 20.5 Å². The summed E-state index contributed by atoms with van der Waals surface area (Å²) in [7, 11) is 1.15. The number of ether oxygens (including phenoxy) is 1. The van der Waals surface area contributed by atoms with E-state index in [2.05, 4.69) is 39.0 Å². The molecule has 1 aliphatic rings. The smallest absolute Gasteiger partial charge is 0.192 e. The molecule has 4 atom stereocenters. The Morgan fingerprint density at radius 2 is 1.73 bits per heavy atom. The Bertz CT molecular complexity index is 428. The number of rotatable bonds is 5. The minimum Gasteiger partial charge on any atom is -0.408 e. The van der Waals surface area contributed by atoms with E-state index in [-0.39, 0.29) is 17.1 Å². The molecule has 0 amide bonds. The molecular formula is C16H31NO4Si. The molecule has 1 rings (SSSR count). The van der Waals surface area contributed by atoms with Crippen molar-refractivity contribution >= 4 is 14.0 Å². The second-order valence-corrected chi connectivity index (χ2v) is 12.1. The Morgan fingerprint density at radius 1 is 1.14 bits per heavy atom. The summed E-state index contributed by atoms with van der Waals surface area (Å²) in [6.07, 6.45) is 2.33. The van der Waals surface area contributed by atoms with E-state index in [1.54, 1.807) is 13.2 Å². The molecule has 22 heavy (non-hydrogen) atoms. The number of hydrogen-bond acceptors (Lipinski definition) is 5. The molecule has 0 fully saturated rings. The monoisotopic (exact) mass is 329 g/mol. The number of oxime groups is 1. The van der Waals surface area contributed by atoms with E-state index in [1.165, 1.54) is 7.11 Å². The SMILES string of the molecule is CO/N=C(/C)[C@H]1C=C[C@H](O)[C@@H](O[Si](C)(C)C(C)(C)C)[C@@H]1OC. The molecule has 0 unspecified atom stereocenters. The molecule has 0 aliphatic heterocycles. The van der Waals surface area contributed by atoms with Crippen molar-refractivity contribution in [3.63, 3.8) is 0 Å². The van der Waals surface area contributed by atoms with Crippen LogP contribution in [0.4, 0.5) is 0 Å². The van der Waals surface area contributed by atoms with E-state index in [0.29, 0.717) is 0 Å². The summed E-state index contributed by atoms with van der Waals surface area (Å²) in [5.74, 6) is -0.0666. The quantitative estimate of drug-likeness (QED) is 0.365. The molecule has 1 aliphatic carbocycles. The van der Waals surface area contributed by atoms with Crippen molar-refractivity contribution in [1.29, 1.82) is 0 Å². The molecule has 5 nitrogen and oxygen atoms in total. The molecule has 0 radical (unpaired) electrons. The van der Waals surface area contributed by atoms with Crippen LogP contribution in [0.1, 0.15) is 27.7 Å². The van der Waals surface area contributed by atoms with Crippen molar-refractivity contribution in [2.75, 3.05) is 14.2 Å². The highest BCUT2D eigenvalue weighted by Crippen LogP contribution is 2.39. The lowest BCUT2D eigenvalue weighted by Gasteiger charge is -2.44. The highest BCUT2D eigenvalue weighted by molar-refractivity contribution is 6.74. The maximum atomic E-state index is 10.4. The Kier molecular flexibility index (Phi) is 6.38. The van der Waals surface area contributed by atoms with Gasteiger partial charge in [0.05, 0.1) is 17.9 Å². The fraction of sp³-hybridized carbons (Fsp3) is 0.812. The number of nitrogens with zero attached hydrogens (tertiary/aromatic N) is 1. The summed E-state index contributed by atoms with van der Waals surface area (Å²) in [5, 5.41) is 14.5. The normalized spacial score (nSPS) is 30.5. The van der Waals surface area contributed by atoms with Gasteiger partial charge in [-0.25, -0.2) is 0 Å². The van der Waals surface area contributed by atoms with E-state index in [1.807, 2.05) is 13.0 Å². The Balaban J connectivity index is 3.07.